The molecule has 3 nitrogen and oxygen atoms in total. The van der Waals surface area contributed by atoms with E-state index in [0.717, 1.165) is 18.5 Å². The molecule has 0 spiro atoms. The third-order valence-electron chi connectivity index (χ3n) is 4.42. The van der Waals surface area contributed by atoms with Crippen LogP contribution in [0.15, 0.2) is 24.3 Å². The topological polar surface area (TPSA) is 27.7 Å². The molecule has 1 fully saturated rings. The minimum absolute atomic E-state index is 0.287. The Kier molecular flexibility index (Phi) is 5.13. The van der Waals surface area contributed by atoms with Crippen LogP contribution in [0, 0.1) is 0 Å². The van der Waals surface area contributed by atoms with Crippen molar-refractivity contribution in [3.8, 4) is 0 Å². The fraction of sp³-hybridized carbons (Fsp3) is 0.647. The standard InChI is InChI=1S/C17H27BO3/c1-6-7-12-19-13-14-8-10-15(11-9-14)18-20-16(2,3)17(4,5)21-18/h8-11H,6-7,12-13H2,1-5H3. The third kappa shape index (κ3) is 3.88. The van der Waals surface area contributed by atoms with Crippen molar-refractivity contribution in [2.45, 2.75) is 65.3 Å². The quantitative estimate of drug-likeness (QED) is 0.594. The molecule has 0 unspecified atom stereocenters. The molecule has 0 bridgehead atoms. The van der Waals surface area contributed by atoms with E-state index in [2.05, 4.69) is 58.9 Å². The summed E-state index contributed by atoms with van der Waals surface area (Å²) in [5, 5.41) is 0. The SMILES string of the molecule is CCCCOCc1ccc(B2OC(C)(C)C(C)(C)O2)cc1. The van der Waals surface area contributed by atoms with E-state index < -0.39 is 0 Å². The van der Waals surface area contributed by atoms with Crippen LogP contribution in [0.25, 0.3) is 0 Å². The van der Waals surface area contributed by atoms with Crippen molar-refractivity contribution >= 4 is 12.6 Å². The highest BCUT2D eigenvalue weighted by molar-refractivity contribution is 6.62. The van der Waals surface area contributed by atoms with Crippen LogP contribution in [0.3, 0.4) is 0 Å². The highest BCUT2D eigenvalue weighted by Gasteiger charge is 2.51. The first kappa shape index (κ1) is 16.5. The van der Waals surface area contributed by atoms with Crippen LogP contribution < -0.4 is 5.46 Å². The lowest BCUT2D eigenvalue weighted by molar-refractivity contribution is 0.00578. The molecule has 0 radical (unpaired) electrons. The van der Waals surface area contributed by atoms with Gasteiger partial charge in [-0.2, -0.15) is 0 Å². The molecule has 1 aromatic carbocycles. The summed E-state index contributed by atoms with van der Waals surface area (Å²) >= 11 is 0. The normalized spacial score (nSPS) is 20.0. The maximum atomic E-state index is 6.05. The van der Waals surface area contributed by atoms with Crippen molar-refractivity contribution in [1.82, 2.24) is 0 Å². The Balaban J connectivity index is 1.94. The first-order valence-corrected chi connectivity index (χ1v) is 7.88. The van der Waals surface area contributed by atoms with E-state index in [1.165, 1.54) is 12.0 Å². The Morgan fingerprint density at radius 3 is 2.10 bits per heavy atom. The van der Waals surface area contributed by atoms with Gasteiger partial charge in [-0.3, -0.25) is 0 Å². The van der Waals surface area contributed by atoms with E-state index in [-0.39, 0.29) is 18.3 Å². The Bertz CT molecular complexity index is 438. The molecular formula is C17H27BO3. The molecule has 1 saturated heterocycles. The summed E-state index contributed by atoms with van der Waals surface area (Å²) in [6, 6.07) is 8.32. The first-order chi connectivity index (χ1) is 9.86. The zero-order valence-corrected chi connectivity index (χ0v) is 13.9. The third-order valence-corrected chi connectivity index (χ3v) is 4.42. The minimum atomic E-state index is -0.292. The first-order valence-electron chi connectivity index (χ1n) is 7.88. The maximum absolute atomic E-state index is 6.05. The second kappa shape index (κ2) is 6.51. The predicted molar refractivity (Wildman–Crippen MR) is 86.7 cm³/mol. The van der Waals surface area contributed by atoms with Crippen LogP contribution in [0.4, 0.5) is 0 Å². The van der Waals surface area contributed by atoms with Crippen LogP contribution in [0.2, 0.25) is 0 Å². The van der Waals surface area contributed by atoms with Gasteiger partial charge in [0, 0.05) is 6.61 Å². The molecule has 0 amide bonds. The van der Waals surface area contributed by atoms with Crippen molar-refractivity contribution in [3.05, 3.63) is 29.8 Å². The van der Waals surface area contributed by atoms with Gasteiger partial charge in [-0.25, -0.2) is 0 Å². The van der Waals surface area contributed by atoms with E-state index >= 15 is 0 Å². The van der Waals surface area contributed by atoms with Gasteiger partial charge in [-0.1, -0.05) is 37.6 Å². The lowest BCUT2D eigenvalue weighted by Gasteiger charge is -2.32. The number of benzene rings is 1. The van der Waals surface area contributed by atoms with Gasteiger partial charge in [0.25, 0.3) is 0 Å². The number of unbranched alkanes of at least 4 members (excludes halogenated alkanes) is 1. The number of hydrogen-bond donors (Lipinski definition) is 0. The van der Waals surface area contributed by atoms with Crippen molar-refractivity contribution in [1.29, 1.82) is 0 Å². The Morgan fingerprint density at radius 2 is 1.57 bits per heavy atom. The van der Waals surface area contributed by atoms with Gasteiger partial charge in [-0.05, 0) is 45.1 Å². The minimum Gasteiger partial charge on any atom is -0.399 e. The van der Waals surface area contributed by atoms with Gasteiger partial charge in [0.2, 0.25) is 0 Å². The fourth-order valence-electron chi connectivity index (χ4n) is 2.19. The second-order valence-corrected chi connectivity index (χ2v) is 6.74. The van der Waals surface area contributed by atoms with Crippen molar-refractivity contribution in [3.63, 3.8) is 0 Å². The predicted octanol–water partition coefficient (Wildman–Crippen LogP) is 3.30. The summed E-state index contributed by atoms with van der Waals surface area (Å²) in [7, 11) is -0.287. The van der Waals surface area contributed by atoms with Gasteiger partial charge in [-0.15, -0.1) is 0 Å². The van der Waals surface area contributed by atoms with E-state index in [9.17, 15) is 0 Å². The summed E-state index contributed by atoms with van der Waals surface area (Å²) in [5.41, 5.74) is 1.66. The van der Waals surface area contributed by atoms with Crippen LogP contribution in [0.1, 0.15) is 53.0 Å². The molecular weight excluding hydrogens is 263 g/mol. The molecule has 0 saturated carbocycles. The average molecular weight is 290 g/mol. The maximum Gasteiger partial charge on any atom is 0.494 e. The van der Waals surface area contributed by atoms with Gasteiger partial charge >= 0.3 is 7.12 Å². The molecule has 0 atom stereocenters. The average Bonchev–Trinajstić information content (AvgIpc) is 2.64. The van der Waals surface area contributed by atoms with E-state index in [1.807, 2.05) is 0 Å². The number of rotatable bonds is 6. The van der Waals surface area contributed by atoms with Gasteiger partial charge in [0.15, 0.2) is 0 Å². The van der Waals surface area contributed by atoms with E-state index in [4.69, 9.17) is 14.0 Å². The molecule has 0 aliphatic carbocycles. The molecule has 0 N–H and O–H groups in total. The van der Waals surface area contributed by atoms with Gasteiger partial charge < -0.3 is 14.0 Å². The molecule has 0 aromatic heterocycles. The monoisotopic (exact) mass is 290 g/mol. The molecule has 1 aliphatic heterocycles. The highest BCUT2D eigenvalue weighted by Crippen LogP contribution is 2.36. The van der Waals surface area contributed by atoms with Gasteiger partial charge in [0.1, 0.15) is 0 Å². The van der Waals surface area contributed by atoms with E-state index in [1.54, 1.807) is 0 Å². The fourth-order valence-corrected chi connectivity index (χ4v) is 2.19. The zero-order valence-electron chi connectivity index (χ0n) is 13.9. The number of hydrogen-bond acceptors (Lipinski definition) is 3. The molecule has 4 heteroatoms. The largest absolute Gasteiger partial charge is 0.494 e. The molecule has 2 rings (SSSR count). The van der Waals surface area contributed by atoms with Crippen molar-refractivity contribution in [2.75, 3.05) is 6.61 Å². The molecule has 1 aromatic rings. The summed E-state index contributed by atoms with van der Waals surface area (Å²) in [6.07, 6.45) is 2.28. The highest BCUT2D eigenvalue weighted by atomic mass is 16.7. The van der Waals surface area contributed by atoms with Crippen molar-refractivity contribution in [2.24, 2.45) is 0 Å². The number of ether oxygens (including phenoxy) is 1. The van der Waals surface area contributed by atoms with Gasteiger partial charge in [0.05, 0.1) is 17.8 Å². The van der Waals surface area contributed by atoms with E-state index in [0.29, 0.717) is 6.61 Å². The molecule has 21 heavy (non-hydrogen) atoms. The Morgan fingerprint density at radius 1 is 1.00 bits per heavy atom. The summed E-state index contributed by atoms with van der Waals surface area (Å²) in [5.74, 6) is 0. The lowest BCUT2D eigenvalue weighted by atomic mass is 9.79. The second-order valence-electron chi connectivity index (χ2n) is 6.74. The molecule has 1 aliphatic rings. The smallest absolute Gasteiger partial charge is 0.399 e. The Labute approximate surface area is 129 Å². The summed E-state index contributed by atoms with van der Waals surface area (Å²) in [6.45, 7) is 12.0. The summed E-state index contributed by atoms with van der Waals surface area (Å²) < 4.78 is 17.7. The Hall–Kier alpha value is -0.835. The molecule has 1 heterocycles. The van der Waals surface area contributed by atoms with Crippen LogP contribution in [-0.4, -0.2) is 24.9 Å². The summed E-state index contributed by atoms with van der Waals surface area (Å²) in [4.78, 5) is 0. The van der Waals surface area contributed by atoms with Crippen LogP contribution in [0.5, 0.6) is 0 Å². The lowest BCUT2D eigenvalue weighted by Crippen LogP contribution is -2.41. The molecule has 116 valence electrons. The van der Waals surface area contributed by atoms with Crippen molar-refractivity contribution < 1.29 is 14.0 Å². The van der Waals surface area contributed by atoms with Crippen LogP contribution >= 0.6 is 0 Å². The van der Waals surface area contributed by atoms with Crippen LogP contribution in [-0.2, 0) is 20.7 Å². The zero-order chi connectivity index (χ0) is 15.5.